The summed E-state index contributed by atoms with van der Waals surface area (Å²) in [6, 6.07) is 7.91. The second-order valence-electron chi connectivity index (χ2n) is 4.69. The van der Waals surface area contributed by atoms with E-state index in [0.717, 1.165) is 11.1 Å². The highest BCUT2D eigenvalue weighted by Gasteiger charge is 2.19. The van der Waals surface area contributed by atoms with Gasteiger partial charge in [0.2, 0.25) is 5.75 Å². The van der Waals surface area contributed by atoms with E-state index in [2.05, 4.69) is 0 Å². The number of aromatic hydroxyl groups is 3. The highest BCUT2D eigenvalue weighted by molar-refractivity contribution is 5.89. The van der Waals surface area contributed by atoms with E-state index < -0.39 is 0 Å². The fraction of sp³-hybridized carbons (Fsp3) is 0.125. The number of phenolic OH excluding ortho intramolecular Hbond substituents is 3. The van der Waals surface area contributed by atoms with Gasteiger partial charge >= 0.3 is 0 Å². The lowest BCUT2D eigenvalue weighted by atomic mass is 9.99. The molecule has 0 radical (unpaired) electrons. The fourth-order valence-electron chi connectivity index (χ4n) is 2.33. The SMILES string of the molecule is COc1c(O)ccc(C2=Cc3ccc(O)cc3OC2)c1O. The van der Waals surface area contributed by atoms with Crippen LogP contribution in [0, 0.1) is 0 Å². The number of methoxy groups -OCH3 is 1. The van der Waals surface area contributed by atoms with Gasteiger partial charge in [-0.3, -0.25) is 0 Å². The Hall–Kier alpha value is -2.82. The van der Waals surface area contributed by atoms with Gasteiger partial charge < -0.3 is 24.8 Å². The smallest absolute Gasteiger partial charge is 0.203 e. The van der Waals surface area contributed by atoms with Gasteiger partial charge in [0.05, 0.1) is 7.11 Å². The van der Waals surface area contributed by atoms with Crippen molar-refractivity contribution >= 4 is 11.6 Å². The Labute approximate surface area is 121 Å². The van der Waals surface area contributed by atoms with E-state index >= 15 is 0 Å². The van der Waals surface area contributed by atoms with Crippen LogP contribution in [0.25, 0.3) is 11.6 Å². The minimum atomic E-state index is -0.130. The average molecular weight is 286 g/mol. The third kappa shape index (κ3) is 2.23. The highest BCUT2D eigenvalue weighted by atomic mass is 16.5. The summed E-state index contributed by atoms with van der Waals surface area (Å²) in [7, 11) is 1.38. The lowest BCUT2D eigenvalue weighted by molar-refractivity contribution is 0.341. The van der Waals surface area contributed by atoms with Gasteiger partial charge in [-0.15, -0.1) is 0 Å². The van der Waals surface area contributed by atoms with Gasteiger partial charge in [0.15, 0.2) is 11.5 Å². The molecule has 0 unspecified atom stereocenters. The summed E-state index contributed by atoms with van der Waals surface area (Å²) in [5, 5.41) is 29.3. The van der Waals surface area contributed by atoms with E-state index in [-0.39, 0.29) is 29.6 Å². The molecule has 0 atom stereocenters. The molecule has 0 aliphatic carbocycles. The molecule has 0 aromatic heterocycles. The Balaban J connectivity index is 2.08. The standard InChI is InChI=1S/C16H14O5/c1-20-16-13(18)5-4-12(15(16)19)10-6-9-2-3-11(17)7-14(9)21-8-10/h2-7,17-19H,8H2,1H3. The maximum Gasteiger partial charge on any atom is 0.203 e. The molecule has 3 N–H and O–H groups in total. The van der Waals surface area contributed by atoms with Crippen molar-refractivity contribution in [2.45, 2.75) is 0 Å². The quantitative estimate of drug-likeness (QED) is 0.791. The number of phenols is 3. The molecular formula is C16H14O5. The van der Waals surface area contributed by atoms with Crippen molar-refractivity contribution < 1.29 is 24.8 Å². The topological polar surface area (TPSA) is 79.2 Å². The molecule has 5 heteroatoms. The van der Waals surface area contributed by atoms with Gasteiger partial charge in [0, 0.05) is 22.8 Å². The molecule has 0 amide bonds. The summed E-state index contributed by atoms with van der Waals surface area (Å²) in [6.07, 6.45) is 1.86. The first-order valence-electron chi connectivity index (χ1n) is 6.36. The summed E-state index contributed by atoms with van der Waals surface area (Å²) in [4.78, 5) is 0. The second kappa shape index (κ2) is 4.94. The van der Waals surface area contributed by atoms with Gasteiger partial charge in [-0.25, -0.2) is 0 Å². The zero-order valence-corrected chi connectivity index (χ0v) is 11.3. The zero-order valence-electron chi connectivity index (χ0n) is 11.3. The van der Waals surface area contributed by atoms with E-state index in [1.807, 2.05) is 6.08 Å². The van der Waals surface area contributed by atoms with Crippen LogP contribution in [0.15, 0.2) is 30.3 Å². The van der Waals surface area contributed by atoms with Crippen molar-refractivity contribution in [3.8, 4) is 28.7 Å². The molecule has 5 nitrogen and oxygen atoms in total. The zero-order chi connectivity index (χ0) is 15.0. The first kappa shape index (κ1) is 13.2. The third-order valence-corrected chi connectivity index (χ3v) is 3.37. The van der Waals surface area contributed by atoms with E-state index in [4.69, 9.17) is 9.47 Å². The van der Waals surface area contributed by atoms with E-state index in [9.17, 15) is 15.3 Å². The Kier molecular flexibility index (Phi) is 3.10. The van der Waals surface area contributed by atoms with Gasteiger partial charge in [-0.1, -0.05) is 0 Å². The molecule has 2 aromatic carbocycles. The molecule has 108 valence electrons. The Bertz CT molecular complexity index is 734. The maximum atomic E-state index is 10.2. The predicted octanol–water partition coefficient (Wildman–Crippen LogP) is 2.75. The molecule has 21 heavy (non-hydrogen) atoms. The van der Waals surface area contributed by atoms with Crippen molar-refractivity contribution in [1.82, 2.24) is 0 Å². The Morgan fingerprint density at radius 3 is 2.67 bits per heavy atom. The number of rotatable bonds is 2. The van der Waals surface area contributed by atoms with Crippen LogP contribution in [0.3, 0.4) is 0 Å². The predicted molar refractivity (Wildman–Crippen MR) is 77.8 cm³/mol. The van der Waals surface area contributed by atoms with Crippen molar-refractivity contribution in [2.24, 2.45) is 0 Å². The molecule has 0 fully saturated rings. The number of hydrogen-bond donors (Lipinski definition) is 3. The van der Waals surface area contributed by atoms with E-state index in [1.165, 1.54) is 13.2 Å². The van der Waals surface area contributed by atoms with Crippen molar-refractivity contribution in [2.75, 3.05) is 13.7 Å². The number of hydrogen-bond acceptors (Lipinski definition) is 5. The Morgan fingerprint density at radius 1 is 1.10 bits per heavy atom. The van der Waals surface area contributed by atoms with Crippen LogP contribution in [0.2, 0.25) is 0 Å². The molecule has 0 bridgehead atoms. The lowest BCUT2D eigenvalue weighted by Crippen LogP contribution is -2.07. The van der Waals surface area contributed by atoms with Crippen LogP contribution in [-0.2, 0) is 0 Å². The number of ether oxygens (including phenoxy) is 2. The molecule has 0 saturated heterocycles. The van der Waals surface area contributed by atoms with Crippen molar-refractivity contribution in [3.05, 3.63) is 41.5 Å². The first-order valence-corrected chi connectivity index (χ1v) is 6.36. The van der Waals surface area contributed by atoms with Gasteiger partial charge in [-0.05, 0) is 30.3 Å². The molecule has 1 aliphatic heterocycles. The van der Waals surface area contributed by atoms with Crippen molar-refractivity contribution in [3.63, 3.8) is 0 Å². The molecule has 1 heterocycles. The average Bonchev–Trinajstić information content (AvgIpc) is 2.47. The second-order valence-corrected chi connectivity index (χ2v) is 4.69. The molecule has 2 aromatic rings. The van der Waals surface area contributed by atoms with Gasteiger partial charge in [-0.2, -0.15) is 0 Å². The van der Waals surface area contributed by atoms with Gasteiger partial charge in [0.1, 0.15) is 18.1 Å². The molecule has 3 rings (SSSR count). The normalized spacial score (nSPS) is 13.1. The monoisotopic (exact) mass is 286 g/mol. The molecule has 0 saturated carbocycles. The van der Waals surface area contributed by atoms with E-state index in [0.29, 0.717) is 11.3 Å². The minimum Gasteiger partial charge on any atom is -0.508 e. The highest BCUT2D eigenvalue weighted by Crippen LogP contribution is 2.43. The molecular weight excluding hydrogens is 272 g/mol. The summed E-state index contributed by atoms with van der Waals surface area (Å²) in [6.45, 7) is 0.248. The largest absolute Gasteiger partial charge is 0.508 e. The Morgan fingerprint density at radius 2 is 1.90 bits per heavy atom. The summed E-state index contributed by atoms with van der Waals surface area (Å²) in [5.74, 6) is 0.504. The van der Waals surface area contributed by atoms with Crippen LogP contribution >= 0.6 is 0 Å². The minimum absolute atomic E-state index is 0.0323. The summed E-state index contributed by atoms with van der Waals surface area (Å²) < 4.78 is 10.6. The molecule has 0 spiro atoms. The maximum absolute atomic E-state index is 10.2. The summed E-state index contributed by atoms with van der Waals surface area (Å²) >= 11 is 0. The van der Waals surface area contributed by atoms with Crippen LogP contribution < -0.4 is 9.47 Å². The van der Waals surface area contributed by atoms with Crippen LogP contribution in [0.1, 0.15) is 11.1 Å². The molecule has 1 aliphatic rings. The van der Waals surface area contributed by atoms with Crippen LogP contribution in [0.4, 0.5) is 0 Å². The van der Waals surface area contributed by atoms with Gasteiger partial charge in [0.25, 0.3) is 0 Å². The third-order valence-electron chi connectivity index (χ3n) is 3.37. The van der Waals surface area contributed by atoms with Crippen LogP contribution in [0.5, 0.6) is 28.7 Å². The number of benzene rings is 2. The lowest BCUT2D eigenvalue weighted by Gasteiger charge is -2.19. The number of fused-ring (bicyclic) bond motifs is 1. The van der Waals surface area contributed by atoms with Crippen LogP contribution in [-0.4, -0.2) is 29.0 Å². The van der Waals surface area contributed by atoms with Crippen molar-refractivity contribution in [1.29, 1.82) is 0 Å². The van der Waals surface area contributed by atoms with E-state index in [1.54, 1.807) is 24.3 Å². The first-order chi connectivity index (χ1) is 10.1. The summed E-state index contributed by atoms with van der Waals surface area (Å²) in [5.41, 5.74) is 2.09. The fourth-order valence-corrected chi connectivity index (χ4v) is 2.33.